The number of ketones is 1. The van der Waals surface area contributed by atoms with E-state index in [1.54, 1.807) is 60.1 Å². The zero-order valence-electron chi connectivity index (χ0n) is 46.6. The van der Waals surface area contributed by atoms with Crippen LogP contribution in [0.2, 0.25) is 0 Å². The molecule has 1 unspecified atom stereocenters. The molecule has 21 heteroatoms. The van der Waals surface area contributed by atoms with Crippen LogP contribution in [0, 0.1) is 35.5 Å². The number of benzene rings is 1. The Morgan fingerprint density at radius 3 is 2.19 bits per heavy atom. The van der Waals surface area contributed by atoms with E-state index in [1.165, 1.54) is 31.0 Å². The minimum Gasteiger partial charge on any atom is -0.458 e. The minimum atomic E-state index is -3.44. The zero-order valence-corrected chi connectivity index (χ0v) is 47.5. The number of ether oxygens (including phenoxy) is 8. The van der Waals surface area contributed by atoms with Gasteiger partial charge in [0.1, 0.15) is 48.5 Å². The molecule has 0 radical (unpaired) electrons. The quantitative estimate of drug-likeness (QED) is 0.200. The first-order chi connectivity index (χ1) is 35.1. The number of nitrogens with zero attached hydrogens (tertiary/aromatic N) is 4. The number of methoxy groups -OCH3 is 3. The number of fused-ring (bicyclic) bond motifs is 1. The molecule has 19 nitrogen and oxygen atoms in total. The van der Waals surface area contributed by atoms with Crippen molar-refractivity contribution in [3.8, 4) is 0 Å². The zero-order chi connectivity index (χ0) is 55.7. The standard InChI is InChI=1S/C54H85FN4O15S/c1-16-42-54(10)38(24-43(60)74-54)31(4)45(61)29(2)25-53(9,69-14)49(32(5)44(33(6)50(64)72-42)41-26-52(8,68-13)48(63)34(7)71-41)73-51-46(62)39(23-30(3)70-51)58(11)22-21-36-28-59(57-56-36)40(27-55)47(67-12)35-17-19-37(20-18-35)75(15,65)66/h17-20,28-34,38-42,44,46-49,51,62-63H,16,21-27H2,1-15H3/t29-,30-,31-,32+,33-,34+,38-,39+,40-,41-,42-,44?,46-,47-,48+,49-,51+,52-,53-,54+/m1/s1. The lowest BCUT2D eigenvalue weighted by Gasteiger charge is -2.52. The Morgan fingerprint density at radius 1 is 0.947 bits per heavy atom. The summed E-state index contributed by atoms with van der Waals surface area (Å²) in [5, 5.41) is 32.4. The molecule has 0 saturated carbocycles. The van der Waals surface area contributed by atoms with Crippen molar-refractivity contribution in [3.63, 3.8) is 0 Å². The molecule has 2 N–H and O–H groups in total. The molecular formula is C54H85FN4O15S. The summed E-state index contributed by atoms with van der Waals surface area (Å²) in [4.78, 5) is 44.9. The maximum Gasteiger partial charge on any atom is 0.309 e. The lowest BCUT2D eigenvalue weighted by molar-refractivity contribution is -0.305. The summed E-state index contributed by atoms with van der Waals surface area (Å²) in [6, 6.07) is 4.69. The summed E-state index contributed by atoms with van der Waals surface area (Å²) in [6.07, 6.45) is -3.80. The van der Waals surface area contributed by atoms with Crippen LogP contribution in [0.5, 0.6) is 0 Å². The Labute approximate surface area is 443 Å². The maximum absolute atomic E-state index is 14.9. The average molecular weight is 1080 g/mol. The SMILES string of the molecule is CC[C@H]1OC(=O)[C@H](C)C([C@H]2C[C@@](C)(OC)[C@@H](O)[C@H](C)O2)[C@H](C)[C@@H](O[C@@H]2O[C@H](C)C[C@H](N(C)CCc3cn([C@H](CF)[C@H](OC)c4ccc(S(C)(=O)=O)cc4)nn3)[C@H]2O)[C@](C)(OC)C[C@@H](C)C(=O)[C@H](C)[C@H]2CC(=O)O[C@@]21C. The van der Waals surface area contributed by atoms with Gasteiger partial charge in [0.15, 0.2) is 16.1 Å². The maximum atomic E-state index is 14.9. The van der Waals surface area contributed by atoms with E-state index in [4.69, 9.17) is 37.9 Å². The van der Waals surface area contributed by atoms with Crippen LogP contribution in [0.3, 0.4) is 0 Å². The van der Waals surface area contributed by atoms with Gasteiger partial charge in [-0.05, 0) is 84.5 Å². The number of likely N-dealkylation sites (N-methyl/N-ethyl adjacent to an activating group) is 1. The van der Waals surface area contributed by atoms with Crippen molar-refractivity contribution in [2.24, 2.45) is 35.5 Å². The average Bonchev–Trinajstić information content (AvgIpc) is 3.97. The predicted octanol–water partition coefficient (Wildman–Crippen LogP) is 5.43. The number of esters is 2. The number of cyclic esters (lactones) is 1. The molecule has 4 aliphatic rings. The van der Waals surface area contributed by atoms with Crippen LogP contribution < -0.4 is 0 Å². The number of hydrogen-bond donors (Lipinski definition) is 2. The van der Waals surface area contributed by atoms with E-state index in [-0.39, 0.29) is 29.9 Å². The summed E-state index contributed by atoms with van der Waals surface area (Å²) >= 11 is 0. The summed E-state index contributed by atoms with van der Waals surface area (Å²) < 4.78 is 91.3. The Bertz CT molecular complexity index is 2380. The van der Waals surface area contributed by atoms with E-state index in [1.807, 2.05) is 46.6 Å². The fraction of sp³-hybridized carbons (Fsp3) is 0.796. The molecule has 0 aliphatic carbocycles. The summed E-state index contributed by atoms with van der Waals surface area (Å²) in [5.41, 5.74) is -2.51. The van der Waals surface area contributed by atoms with E-state index in [2.05, 4.69) is 10.3 Å². The molecule has 0 bridgehead atoms. The van der Waals surface area contributed by atoms with E-state index >= 15 is 0 Å². The van der Waals surface area contributed by atoms with Crippen LogP contribution in [-0.2, 0) is 68.5 Å². The van der Waals surface area contributed by atoms with Gasteiger partial charge in [-0.3, -0.25) is 14.4 Å². The van der Waals surface area contributed by atoms with Crippen molar-refractivity contribution in [3.05, 3.63) is 41.7 Å². The summed E-state index contributed by atoms with van der Waals surface area (Å²) in [5.74, 6) is -5.35. The van der Waals surface area contributed by atoms with Gasteiger partial charge in [0.2, 0.25) is 0 Å². The molecular weight excluding hydrogens is 996 g/mol. The van der Waals surface area contributed by atoms with Crippen LogP contribution in [0.15, 0.2) is 35.4 Å². The molecule has 4 aliphatic heterocycles. The highest BCUT2D eigenvalue weighted by atomic mass is 32.2. The highest BCUT2D eigenvalue weighted by molar-refractivity contribution is 7.90. The monoisotopic (exact) mass is 1080 g/mol. The van der Waals surface area contributed by atoms with Crippen molar-refractivity contribution in [2.75, 3.05) is 47.9 Å². The Hall–Kier alpha value is -3.51. The first-order valence-corrected chi connectivity index (χ1v) is 28.4. The normalized spacial score (nSPS) is 39.3. The van der Waals surface area contributed by atoms with Crippen molar-refractivity contribution in [1.29, 1.82) is 0 Å². The second-order valence-corrected chi connectivity index (χ2v) is 24.7. The van der Waals surface area contributed by atoms with Crippen LogP contribution >= 0.6 is 0 Å². The number of Topliss-reactive ketones (excluding diaryl/α,β-unsaturated/α-hetero) is 1. The van der Waals surface area contributed by atoms with Gasteiger partial charge in [-0.25, -0.2) is 17.5 Å². The molecule has 1 aromatic carbocycles. The molecule has 5 heterocycles. The topological polar surface area (TPSA) is 234 Å². The number of aliphatic hydroxyl groups is 2. The number of alkyl halides is 1. The van der Waals surface area contributed by atoms with Crippen LogP contribution in [-0.4, -0.2) is 176 Å². The van der Waals surface area contributed by atoms with Crippen molar-refractivity contribution in [2.45, 2.75) is 197 Å². The van der Waals surface area contributed by atoms with E-state index in [9.17, 15) is 37.4 Å². The van der Waals surface area contributed by atoms with Crippen molar-refractivity contribution >= 4 is 27.6 Å². The molecule has 4 fully saturated rings. The Morgan fingerprint density at radius 2 is 1.60 bits per heavy atom. The second-order valence-electron chi connectivity index (χ2n) is 22.7. The van der Waals surface area contributed by atoms with Crippen LogP contribution in [0.25, 0.3) is 0 Å². The van der Waals surface area contributed by atoms with Gasteiger partial charge in [-0.15, -0.1) is 5.10 Å². The fourth-order valence-corrected chi connectivity index (χ4v) is 13.5. The van der Waals surface area contributed by atoms with Gasteiger partial charge in [0, 0.05) is 82.9 Å². The Kier molecular flexibility index (Phi) is 19.6. The van der Waals surface area contributed by atoms with Gasteiger partial charge < -0.3 is 53.0 Å². The summed E-state index contributed by atoms with van der Waals surface area (Å²) in [6.45, 7) is 17.8. The number of carbonyl (C=O) groups excluding carboxylic acids is 3. The van der Waals surface area contributed by atoms with E-state index < -0.39 is 148 Å². The minimum absolute atomic E-state index is 0.0230. The number of aliphatic hydroxyl groups excluding tert-OH is 2. The fourth-order valence-electron chi connectivity index (χ4n) is 12.9. The molecule has 20 atom stereocenters. The van der Waals surface area contributed by atoms with Gasteiger partial charge >= 0.3 is 11.9 Å². The van der Waals surface area contributed by atoms with Gasteiger partial charge in [0.05, 0.1) is 58.5 Å². The van der Waals surface area contributed by atoms with E-state index in [0.29, 0.717) is 37.1 Å². The summed E-state index contributed by atoms with van der Waals surface area (Å²) in [7, 11) is 2.95. The molecule has 2 aromatic rings. The number of rotatable bonds is 16. The van der Waals surface area contributed by atoms with E-state index in [0.717, 1.165) is 6.26 Å². The van der Waals surface area contributed by atoms with Gasteiger partial charge in [-0.2, -0.15) is 0 Å². The molecule has 75 heavy (non-hydrogen) atoms. The largest absolute Gasteiger partial charge is 0.458 e. The molecule has 0 amide bonds. The third-order valence-corrected chi connectivity index (χ3v) is 18.6. The highest BCUT2D eigenvalue weighted by Gasteiger charge is 2.59. The highest BCUT2D eigenvalue weighted by Crippen LogP contribution is 2.48. The number of aromatic nitrogens is 3. The molecule has 0 spiro atoms. The van der Waals surface area contributed by atoms with Crippen LogP contribution in [0.4, 0.5) is 4.39 Å². The lowest BCUT2D eigenvalue weighted by atomic mass is 9.67. The third-order valence-electron chi connectivity index (χ3n) is 17.5. The van der Waals surface area contributed by atoms with Gasteiger partial charge in [-0.1, -0.05) is 52.0 Å². The smallest absolute Gasteiger partial charge is 0.309 e. The van der Waals surface area contributed by atoms with Crippen molar-refractivity contribution < 1.29 is 75.3 Å². The number of carbonyl (C=O) groups is 3. The molecule has 6 rings (SSSR count). The van der Waals surface area contributed by atoms with Crippen LogP contribution in [0.1, 0.15) is 125 Å². The molecule has 1 aromatic heterocycles. The second kappa shape index (κ2) is 24.2. The number of hydrogen-bond acceptors (Lipinski definition) is 18. The Balaban J connectivity index is 1.31. The first-order valence-electron chi connectivity index (χ1n) is 26.5. The predicted molar refractivity (Wildman–Crippen MR) is 273 cm³/mol. The first kappa shape index (κ1) is 60.7. The molecule has 4 saturated heterocycles. The third kappa shape index (κ3) is 12.7. The number of sulfone groups is 1. The van der Waals surface area contributed by atoms with Gasteiger partial charge in [0.25, 0.3) is 0 Å². The number of halogens is 1. The van der Waals surface area contributed by atoms with Crippen molar-refractivity contribution in [1.82, 2.24) is 19.9 Å². The lowest BCUT2D eigenvalue weighted by Crippen LogP contribution is -2.62. The molecule has 424 valence electrons.